The minimum absolute atomic E-state index is 0.0426. The maximum absolute atomic E-state index is 12.5. The molecule has 148 valence electrons. The van der Waals surface area contributed by atoms with E-state index in [0.717, 1.165) is 0 Å². The van der Waals surface area contributed by atoms with Crippen molar-refractivity contribution < 1.29 is 27.5 Å². The van der Waals surface area contributed by atoms with Crippen molar-refractivity contribution in [3.8, 4) is 0 Å². The first-order valence-corrected chi connectivity index (χ1v) is 10.0. The highest BCUT2D eigenvalue weighted by Gasteiger charge is 2.26. The predicted octanol–water partition coefficient (Wildman–Crippen LogP) is 0.474. The van der Waals surface area contributed by atoms with Crippen molar-refractivity contribution in [3.63, 3.8) is 0 Å². The van der Waals surface area contributed by atoms with Crippen LogP contribution in [0.5, 0.6) is 0 Å². The van der Waals surface area contributed by atoms with Crippen LogP contribution in [-0.4, -0.2) is 63.1 Å². The van der Waals surface area contributed by atoms with Crippen molar-refractivity contribution in [1.82, 2.24) is 9.62 Å². The van der Waals surface area contributed by atoms with Gasteiger partial charge < -0.3 is 20.1 Å². The highest BCUT2D eigenvalue weighted by molar-refractivity contribution is 7.89. The molecule has 2 N–H and O–H groups in total. The van der Waals surface area contributed by atoms with Crippen molar-refractivity contribution in [2.45, 2.75) is 17.7 Å². The number of amides is 1. The number of methoxy groups -OCH3 is 1. The second kappa shape index (κ2) is 9.74. The second-order valence-electron chi connectivity index (χ2n) is 5.62. The number of anilines is 1. The van der Waals surface area contributed by atoms with Gasteiger partial charge in [0.25, 0.3) is 0 Å². The maximum Gasteiger partial charge on any atom is 0.306 e. The number of nitrogens with one attached hydrogen (secondary N) is 2. The molecule has 0 aliphatic carbocycles. The number of carbonyl (C=O) groups excluding carboxylic acids is 2. The number of thiocarbonyl (C=S) groups is 1. The van der Waals surface area contributed by atoms with E-state index in [0.29, 0.717) is 32.0 Å². The summed E-state index contributed by atoms with van der Waals surface area (Å²) in [5.41, 5.74) is 0.522. The average molecular weight is 415 g/mol. The standard InChI is InChI=1S/C16H21N3O6S2/c1-24-15(21)7-6-14(20)18-16(26)17-12-2-4-13(5-3-12)27(22,23)19-8-10-25-11-9-19/h2-5H,6-11H2,1H3,(H2,17,18,20,26). The SMILES string of the molecule is COC(=O)CCC(=O)NC(=S)Nc1ccc(S(=O)(=O)N2CCOCC2)cc1. The summed E-state index contributed by atoms with van der Waals surface area (Å²) < 4.78 is 36.1. The number of esters is 1. The Hall–Kier alpha value is -2.08. The Balaban J connectivity index is 1.90. The van der Waals surface area contributed by atoms with E-state index in [1.165, 1.54) is 23.5 Å². The van der Waals surface area contributed by atoms with Gasteiger partial charge in [-0.15, -0.1) is 0 Å². The lowest BCUT2D eigenvalue weighted by Gasteiger charge is -2.26. The van der Waals surface area contributed by atoms with Gasteiger partial charge in [-0.25, -0.2) is 8.42 Å². The molecule has 2 rings (SSSR count). The van der Waals surface area contributed by atoms with Crippen molar-refractivity contribution in [1.29, 1.82) is 0 Å². The predicted molar refractivity (Wildman–Crippen MR) is 102 cm³/mol. The Labute approximate surface area is 163 Å². The number of benzene rings is 1. The first kappa shape index (κ1) is 21.2. The Morgan fingerprint density at radius 3 is 2.41 bits per heavy atom. The lowest BCUT2D eigenvalue weighted by Crippen LogP contribution is -2.40. The van der Waals surface area contributed by atoms with Crippen molar-refractivity contribution in [3.05, 3.63) is 24.3 Å². The number of ether oxygens (including phenoxy) is 2. The third-order valence-electron chi connectivity index (χ3n) is 3.76. The van der Waals surface area contributed by atoms with E-state index < -0.39 is 21.9 Å². The summed E-state index contributed by atoms with van der Waals surface area (Å²) in [5.74, 6) is -0.912. The average Bonchev–Trinajstić information content (AvgIpc) is 2.67. The minimum Gasteiger partial charge on any atom is -0.469 e. The number of carbonyl (C=O) groups is 2. The van der Waals surface area contributed by atoms with E-state index in [-0.39, 0.29) is 22.8 Å². The molecular formula is C16H21N3O6S2. The highest BCUT2D eigenvalue weighted by atomic mass is 32.2. The number of sulfonamides is 1. The van der Waals surface area contributed by atoms with Gasteiger partial charge in [0.2, 0.25) is 15.9 Å². The summed E-state index contributed by atoms with van der Waals surface area (Å²) in [5, 5.41) is 5.27. The molecule has 0 unspecified atom stereocenters. The fourth-order valence-electron chi connectivity index (χ4n) is 2.32. The van der Waals surface area contributed by atoms with Crippen LogP contribution in [-0.2, 0) is 29.1 Å². The molecule has 27 heavy (non-hydrogen) atoms. The van der Waals surface area contributed by atoms with E-state index in [4.69, 9.17) is 17.0 Å². The summed E-state index contributed by atoms with van der Waals surface area (Å²) in [6.45, 7) is 1.40. The van der Waals surface area contributed by atoms with Gasteiger partial charge in [-0.1, -0.05) is 0 Å². The fourth-order valence-corrected chi connectivity index (χ4v) is 3.96. The largest absolute Gasteiger partial charge is 0.469 e. The van der Waals surface area contributed by atoms with E-state index >= 15 is 0 Å². The number of rotatable bonds is 6. The summed E-state index contributed by atoms with van der Waals surface area (Å²) in [6.07, 6.45) is -0.0930. The molecule has 0 atom stereocenters. The van der Waals surface area contributed by atoms with Gasteiger partial charge in [-0.05, 0) is 36.5 Å². The third kappa shape index (κ3) is 6.24. The Bertz CT molecular complexity index is 789. The monoisotopic (exact) mass is 415 g/mol. The van der Waals surface area contributed by atoms with Gasteiger partial charge in [0.15, 0.2) is 5.11 Å². The van der Waals surface area contributed by atoms with Gasteiger partial charge in [-0.3, -0.25) is 9.59 Å². The number of hydrogen-bond donors (Lipinski definition) is 2. The molecular weight excluding hydrogens is 394 g/mol. The van der Waals surface area contributed by atoms with Crippen LogP contribution in [0.2, 0.25) is 0 Å². The second-order valence-corrected chi connectivity index (χ2v) is 7.97. The van der Waals surface area contributed by atoms with Crippen LogP contribution < -0.4 is 10.6 Å². The highest BCUT2D eigenvalue weighted by Crippen LogP contribution is 2.19. The first-order chi connectivity index (χ1) is 12.8. The van der Waals surface area contributed by atoms with Crippen LogP contribution in [0.1, 0.15) is 12.8 Å². The molecule has 0 bridgehead atoms. The summed E-state index contributed by atoms with van der Waals surface area (Å²) in [4.78, 5) is 22.9. The van der Waals surface area contributed by atoms with Gasteiger partial charge in [0, 0.05) is 25.2 Å². The maximum atomic E-state index is 12.5. The Kier molecular flexibility index (Phi) is 7.66. The molecule has 9 nitrogen and oxygen atoms in total. The van der Waals surface area contributed by atoms with Gasteiger partial charge in [-0.2, -0.15) is 4.31 Å². The van der Waals surface area contributed by atoms with Crippen LogP contribution in [0.25, 0.3) is 0 Å². The van der Waals surface area contributed by atoms with E-state index in [1.807, 2.05) is 0 Å². The topological polar surface area (TPSA) is 114 Å². The molecule has 1 saturated heterocycles. The number of morpholine rings is 1. The molecule has 1 fully saturated rings. The van der Waals surface area contributed by atoms with E-state index in [2.05, 4.69) is 15.4 Å². The van der Waals surface area contributed by atoms with Crippen LogP contribution in [0, 0.1) is 0 Å². The minimum atomic E-state index is -3.57. The quantitative estimate of drug-likeness (QED) is 0.509. The molecule has 1 amide bonds. The Morgan fingerprint density at radius 1 is 1.19 bits per heavy atom. The molecule has 1 aliphatic heterocycles. The summed E-state index contributed by atoms with van der Waals surface area (Å²) in [7, 11) is -2.32. The van der Waals surface area contributed by atoms with Crippen LogP contribution in [0.3, 0.4) is 0 Å². The van der Waals surface area contributed by atoms with Crippen LogP contribution in [0.15, 0.2) is 29.2 Å². The molecule has 11 heteroatoms. The van der Waals surface area contributed by atoms with Gasteiger partial charge in [0.05, 0.1) is 31.6 Å². The summed E-state index contributed by atoms with van der Waals surface area (Å²) >= 11 is 5.03. The summed E-state index contributed by atoms with van der Waals surface area (Å²) in [6, 6.07) is 6.05. The van der Waals surface area contributed by atoms with E-state index in [1.54, 1.807) is 12.1 Å². The zero-order chi connectivity index (χ0) is 19.9. The lowest BCUT2D eigenvalue weighted by atomic mass is 10.3. The van der Waals surface area contributed by atoms with E-state index in [9.17, 15) is 18.0 Å². The molecule has 0 saturated carbocycles. The smallest absolute Gasteiger partial charge is 0.306 e. The van der Waals surface area contributed by atoms with Crippen molar-refractivity contribution in [2.24, 2.45) is 0 Å². The normalized spacial score (nSPS) is 15.0. The fraction of sp³-hybridized carbons (Fsp3) is 0.438. The zero-order valence-corrected chi connectivity index (χ0v) is 16.4. The molecule has 1 heterocycles. The molecule has 1 aromatic carbocycles. The van der Waals surface area contributed by atoms with Gasteiger partial charge >= 0.3 is 5.97 Å². The van der Waals surface area contributed by atoms with Crippen LogP contribution >= 0.6 is 12.2 Å². The Morgan fingerprint density at radius 2 is 1.81 bits per heavy atom. The van der Waals surface area contributed by atoms with Crippen LogP contribution in [0.4, 0.5) is 5.69 Å². The first-order valence-electron chi connectivity index (χ1n) is 8.18. The van der Waals surface area contributed by atoms with Crippen molar-refractivity contribution >= 4 is 44.9 Å². The van der Waals surface area contributed by atoms with Gasteiger partial charge in [0.1, 0.15) is 0 Å². The molecule has 0 spiro atoms. The number of nitrogens with zero attached hydrogens (tertiary/aromatic N) is 1. The lowest BCUT2D eigenvalue weighted by molar-refractivity contribution is -0.142. The number of hydrogen-bond acceptors (Lipinski definition) is 7. The molecule has 0 radical (unpaired) electrons. The van der Waals surface area contributed by atoms with Crippen molar-refractivity contribution in [2.75, 3.05) is 38.7 Å². The third-order valence-corrected chi connectivity index (χ3v) is 5.87. The molecule has 0 aromatic heterocycles. The molecule has 1 aromatic rings. The molecule has 1 aliphatic rings. The zero-order valence-electron chi connectivity index (χ0n) is 14.8.